The number of benzene rings is 1. The summed E-state index contributed by atoms with van der Waals surface area (Å²) in [7, 11) is 0. The number of hydrogen-bond acceptors (Lipinski definition) is 7. The lowest BCUT2D eigenvalue weighted by atomic mass is 9.96. The topological polar surface area (TPSA) is 128 Å². The third-order valence-electron chi connectivity index (χ3n) is 4.15. The van der Waals surface area contributed by atoms with Crippen LogP contribution in [0.25, 0.3) is 0 Å². The molecule has 0 atom stereocenters. The SMILES string of the molecule is Cc1noc(C2CCN(C(=O)c3ccc(N)c([N+](=O)[O-])c3)CC2)n1. The molecular weight excluding hydrogens is 314 g/mol. The molecule has 0 radical (unpaired) electrons. The van der Waals surface area contributed by atoms with Gasteiger partial charge >= 0.3 is 0 Å². The average molecular weight is 331 g/mol. The van der Waals surface area contributed by atoms with Gasteiger partial charge in [-0.25, -0.2) is 0 Å². The van der Waals surface area contributed by atoms with Crippen molar-refractivity contribution in [2.24, 2.45) is 0 Å². The number of carbonyl (C=O) groups is 1. The van der Waals surface area contributed by atoms with Crippen molar-refractivity contribution in [1.82, 2.24) is 15.0 Å². The van der Waals surface area contributed by atoms with Gasteiger partial charge < -0.3 is 15.2 Å². The van der Waals surface area contributed by atoms with Crippen LogP contribution in [0.15, 0.2) is 22.7 Å². The normalized spacial score (nSPS) is 15.5. The fraction of sp³-hybridized carbons (Fsp3) is 0.400. The Balaban J connectivity index is 1.69. The van der Waals surface area contributed by atoms with Crippen LogP contribution in [-0.2, 0) is 0 Å². The molecular formula is C15H17N5O4. The van der Waals surface area contributed by atoms with E-state index in [4.69, 9.17) is 10.3 Å². The Morgan fingerprint density at radius 2 is 2.12 bits per heavy atom. The lowest BCUT2D eigenvalue weighted by Crippen LogP contribution is -2.38. The monoisotopic (exact) mass is 331 g/mol. The average Bonchev–Trinajstić information content (AvgIpc) is 3.01. The highest BCUT2D eigenvalue weighted by Gasteiger charge is 2.28. The van der Waals surface area contributed by atoms with Crippen LogP contribution in [-0.4, -0.2) is 39.0 Å². The zero-order chi connectivity index (χ0) is 17.3. The lowest BCUT2D eigenvalue weighted by Gasteiger charge is -2.30. The molecule has 2 N–H and O–H groups in total. The Morgan fingerprint density at radius 1 is 1.42 bits per heavy atom. The predicted molar refractivity (Wildman–Crippen MR) is 84.4 cm³/mol. The molecule has 1 aliphatic heterocycles. The van der Waals surface area contributed by atoms with Gasteiger partial charge in [-0.15, -0.1) is 0 Å². The summed E-state index contributed by atoms with van der Waals surface area (Å²) in [4.78, 5) is 28.8. The van der Waals surface area contributed by atoms with E-state index in [-0.39, 0.29) is 28.8 Å². The fourth-order valence-electron chi connectivity index (χ4n) is 2.83. The maximum atomic E-state index is 12.5. The maximum absolute atomic E-state index is 12.5. The van der Waals surface area contributed by atoms with Gasteiger partial charge in [0.25, 0.3) is 11.6 Å². The quantitative estimate of drug-likeness (QED) is 0.516. The number of carbonyl (C=O) groups excluding carboxylic acids is 1. The van der Waals surface area contributed by atoms with E-state index in [9.17, 15) is 14.9 Å². The molecule has 126 valence electrons. The molecule has 0 aliphatic carbocycles. The molecule has 1 fully saturated rings. The van der Waals surface area contributed by atoms with Gasteiger partial charge in [0.05, 0.1) is 4.92 Å². The second-order valence-electron chi connectivity index (χ2n) is 5.78. The summed E-state index contributed by atoms with van der Waals surface area (Å²) < 4.78 is 5.19. The molecule has 1 saturated heterocycles. The third kappa shape index (κ3) is 3.05. The molecule has 1 amide bonds. The number of aromatic nitrogens is 2. The van der Waals surface area contributed by atoms with Crippen LogP contribution in [0.4, 0.5) is 11.4 Å². The van der Waals surface area contributed by atoms with E-state index in [0.717, 1.165) is 0 Å². The minimum absolute atomic E-state index is 0.0435. The standard InChI is InChI=1S/C15H17N5O4/c1-9-17-14(24-18-9)10-4-6-19(7-5-10)15(21)11-2-3-12(16)13(8-11)20(22)23/h2-3,8,10H,4-7,16H2,1H3. The molecule has 2 aromatic rings. The number of nitro benzene ring substituents is 1. The Labute approximate surface area is 137 Å². The molecule has 0 spiro atoms. The highest BCUT2D eigenvalue weighted by atomic mass is 16.6. The van der Waals surface area contributed by atoms with Crippen molar-refractivity contribution in [3.63, 3.8) is 0 Å². The minimum Gasteiger partial charge on any atom is -0.393 e. The number of amides is 1. The Morgan fingerprint density at radius 3 is 2.71 bits per heavy atom. The van der Waals surface area contributed by atoms with Crippen LogP contribution in [0, 0.1) is 17.0 Å². The molecule has 1 aromatic heterocycles. The molecule has 3 rings (SSSR count). The first kappa shape index (κ1) is 15.9. The highest BCUT2D eigenvalue weighted by Crippen LogP contribution is 2.28. The molecule has 9 heteroatoms. The zero-order valence-electron chi connectivity index (χ0n) is 13.1. The van der Waals surface area contributed by atoms with E-state index in [1.54, 1.807) is 11.8 Å². The first-order valence-electron chi connectivity index (χ1n) is 7.59. The first-order chi connectivity index (χ1) is 11.5. The van der Waals surface area contributed by atoms with Gasteiger partial charge in [0.2, 0.25) is 5.89 Å². The van der Waals surface area contributed by atoms with E-state index in [0.29, 0.717) is 37.6 Å². The number of nitro groups is 1. The van der Waals surface area contributed by atoms with Crippen LogP contribution in [0.1, 0.15) is 40.8 Å². The number of nitrogen functional groups attached to an aromatic ring is 1. The largest absolute Gasteiger partial charge is 0.393 e. The predicted octanol–water partition coefficient (Wildman–Crippen LogP) is 1.89. The summed E-state index contributed by atoms with van der Waals surface area (Å²) in [6, 6.07) is 4.13. The molecule has 9 nitrogen and oxygen atoms in total. The zero-order valence-corrected chi connectivity index (χ0v) is 13.1. The van der Waals surface area contributed by atoms with E-state index < -0.39 is 4.92 Å². The highest BCUT2D eigenvalue weighted by molar-refractivity contribution is 5.95. The number of piperidine rings is 1. The van der Waals surface area contributed by atoms with Gasteiger partial charge in [0, 0.05) is 30.6 Å². The number of nitrogens with two attached hydrogens (primary N) is 1. The van der Waals surface area contributed by atoms with Crippen LogP contribution < -0.4 is 5.73 Å². The van der Waals surface area contributed by atoms with Gasteiger partial charge in [-0.3, -0.25) is 14.9 Å². The van der Waals surface area contributed by atoms with Crippen LogP contribution in [0.3, 0.4) is 0 Å². The van der Waals surface area contributed by atoms with Crippen molar-refractivity contribution in [1.29, 1.82) is 0 Å². The van der Waals surface area contributed by atoms with Crippen LogP contribution in [0.5, 0.6) is 0 Å². The number of hydrogen-bond donors (Lipinski definition) is 1. The van der Waals surface area contributed by atoms with Gasteiger partial charge in [-0.05, 0) is 31.9 Å². The van der Waals surface area contributed by atoms with Crippen molar-refractivity contribution in [3.05, 3.63) is 45.6 Å². The van der Waals surface area contributed by atoms with Crippen molar-refractivity contribution in [2.75, 3.05) is 18.8 Å². The number of aryl methyl sites for hydroxylation is 1. The number of likely N-dealkylation sites (tertiary alicyclic amines) is 1. The molecule has 0 unspecified atom stereocenters. The minimum atomic E-state index is -0.587. The van der Waals surface area contributed by atoms with E-state index >= 15 is 0 Å². The molecule has 0 bridgehead atoms. The Hall–Kier alpha value is -2.97. The van der Waals surface area contributed by atoms with Crippen molar-refractivity contribution in [2.45, 2.75) is 25.7 Å². The lowest BCUT2D eigenvalue weighted by molar-refractivity contribution is -0.383. The molecule has 24 heavy (non-hydrogen) atoms. The van der Waals surface area contributed by atoms with Crippen molar-refractivity contribution in [3.8, 4) is 0 Å². The molecule has 0 saturated carbocycles. The second-order valence-corrected chi connectivity index (χ2v) is 5.78. The molecule has 1 aromatic carbocycles. The summed E-state index contributed by atoms with van der Waals surface area (Å²) in [5.74, 6) is 1.09. The van der Waals surface area contributed by atoms with Crippen molar-refractivity contribution >= 4 is 17.3 Å². The van der Waals surface area contributed by atoms with E-state index in [1.165, 1.54) is 18.2 Å². The summed E-state index contributed by atoms with van der Waals surface area (Å²) in [6.07, 6.45) is 1.43. The Kier molecular flexibility index (Phi) is 4.15. The Bertz CT molecular complexity index is 780. The maximum Gasteiger partial charge on any atom is 0.292 e. The summed E-state index contributed by atoms with van der Waals surface area (Å²) >= 11 is 0. The van der Waals surface area contributed by atoms with Gasteiger partial charge in [-0.2, -0.15) is 4.98 Å². The molecule has 1 aliphatic rings. The summed E-state index contributed by atoms with van der Waals surface area (Å²) in [6.45, 7) is 2.83. The van der Waals surface area contributed by atoms with Crippen LogP contribution in [0.2, 0.25) is 0 Å². The van der Waals surface area contributed by atoms with E-state index in [1.807, 2.05) is 0 Å². The van der Waals surface area contributed by atoms with Gasteiger partial charge in [-0.1, -0.05) is 5.16 Å². The first-order valence-corrected chi connectivity index (χ1v) is 7.59. The molecule has 2 heterocycles. The fourth-order valence-corrected chi connectivity index (χ4v) is 2.83. The number of nitrogens with zero attached hydrogens (tertiary/aromatic N) is 4. The summed E-state index contributed by atoms with van der Waals surface area (Å²) in [5, 5.41) is 14.7. The number of anilines is 1. The van der Waals surface area contributed by atoms with Gasteiger partial charge in [0.1, 0.15) is 5.69 Å². The summed E-state index contributed by atoms with van der Waals surface area (Å²) in [5.41, 5.74) is 5.62. The van der Waals surface area contributed by atoms with Crippen molar-refractivity contribution < 1.29 is 14.2 Å². The number of rotatable bonds is 3. The van der Waals surface area contributed by atoms with Gasteiger partial charge in [0.15, 0.2) is 5.82 Å². The second kappa shape index (κ2) is 6.26. The van der Waals surface area contributed by atoms with E-state index in [2.05, 4.69) is 10.1 Å². The smallest absolute Gasteiger partial charge is 0.292 e. The third-order valence-corrected chi connectivity index (χ3v) is 4.15. The van der Waals surface area contributed by atoms with Crippen LogP contribution >= 0.6 is 0 Å².